The molecule has 2 atom stereocenters. The first-order valence-electron chi connectivity index (χ1n) is 7.70. The smallest absolute Gasteiger partial charge is 0.253 e. The van der Waals surface area contributed by atoms with Crippen LogP contribution in [0.5, 0.6) is 11.5 Å². The summed E-state index contributed by atoms with van der Waals surface area (Å²) in [4.78, 5) is 28.9. The molecule has 2 aliphatic rings. The lowest BCUT2D eigenvalue weighted by Gasteiger charge is -2.52. The van der Waals surface area contributed by atoms with Gasteiger partial charge < -0.3 is 19.3 Å². The van der Waals surface area contributed by atoms with Gasteiger partial charge in [-0.25, -0.2) is 0 Å². The molecule has 23 heavy (non-hydrogen) atoms. The van der Waals surface area contributed by atoms with Crippen LogP contribution in [0, 0.1) is 0 Å². The fourth-order valence-corrected chi connectivity index (χ4v) is 3.65. The van der Waals surface area contributed by atoms with Gasteiger partial charge >= 0.3 is 0 Å². The highest BCUT2D eigenvalue weighted by molar-refractivity contribution is 6.00. The van der Waals surface area contributed by atoms with E-state index in [1.165, 1.54) is 4.90 Å². The van der Waals surface area contributed by atoms with Gasteiger partial charge in [-0.1, -0.05) is 0 Å². The van der Waals surface area contributed by atoms with Crippen LogP contribution >= 0.6 is 0 Å². The van der Waals surface area contributed by atoms with Crippen LogP contribution in [0.15, 0.2) is 12.1 Å². The predicted molar refractivity (Wildman–Crippen MR) is 84.5 cm³/mol. The first-order valence-corrected chi connectivity index (χ1v) is 7.70. The van der Waals surface area contributed by atoms with Crippen molar-refractivity contribution in [3.63, 3.8) is 0 Å². The average molecular weight is 318 g/mol. The van der Waals surface area contributed by atoms with Crippen LogP contribution in [-0.2, 0) is 21.5 Å². The van der Waals surface area contributed by atoms with Gasteiger partial charge in [-0.3, -0.25) is 9.59 Å². The molecule has 0 N–H and O–H groups in total. The fraction of sp³-hybridized carbons (Fsp3) is 0.529. The molecule has 2 aliphatic heterocycles. The molecule has 6 nitrogen and oxygen atoms in total. The summed E-state index contributed by atoms with van der Waals surface area (Å²) in [7, 11) is 4.84. The molecule has 124 valence electrons. The number of methoxy groups -OCH3 is 2. The maximum Gasteiger partial charge on any atom is 0.253 e. The molecule has 1 fully saturated rings. The van der Waals surface area contributed by atoms with E-state index in [0.717, 1.165) is 11.1 Å². The minimum atomic E-state index is -0.995. The molecule has 6 heteroatoms. The number of nitrogens with zero attached hydrogens (tertiary/aromatic N) is 2. The van der Waals surface area contributed by atoms with Crippen molar-refractivity contribution in [2.75, 3.05) is 27.8 Å². The van der Waals surface area contributed by atoms with Crippen molar-refractivity contribution in [2.24, 2.45) is 0 Å². The summed E-state index contributed by atoms with van der Waals surface area (Å²) in [6, 6.07) is 3.30. The van der Waals surface area contributed by atoms with Crippen molar-refractivity contribution < 1.29 is 19.1 Å². The summed E-state index contributed by atoms with van der Waals surface area (Å²) in [5.41, 5.74) is 0.842. The second kappa shape index (κ2) is 5.15. The van der Waals surface area contributed by atoms with Crippen molar-refractivity contribution in [3.8, 4) is 11.5 Å². The van der Waals surface area contributed by atoms with E-state index in [2.05, 4.69) is 0 Å². The van der Waals surface area contributed by atoms with E-state index in [9.17, 15) is 9.59 Å². The number of hydrogen-bond donors (Lipinski definition) is 0. The minimum absolute atomic E-state index is 0.0185. The number of rotatable bonds is 2. The topological polar surface area (TPSA) is 59.1 Å². The van der Waals surface area contributed by atoms with Gasteiger partial charge in [-0.05, 0) is 43.5 Å². The number of hydrogen-bond acceptors (Lipinski definition) is 4. The molecule has 1 saturated heterocycles. The van der Waals surface area contributed by atoms with Crippen molar-refractivity contribution >= 4 is 11.8 Å². The number of ether oxygens (including phenoxy) is 2. The lowest BCUT2D eigenvalue weighted by molar-refractivity contribution is -0.169. The first-order chi connectivity index (χ1) is 10.9. The van der Waals surface area contributed by atoms with Crippen LogP contribution < -0.4 is 9.47 Å². The first kappa shape index (κ1) is 15.6. The molecule has 0 bridgehead atoms. The van der Waals surface area contributed by atoms with Crippen LogP contribution in [0.1, 0.15) is 25.0 Å². The number of carbonyl (C=O) groups is 2. The summed E-state index contributed by atoms with van der Waals surface area (Å²) in [6.45, 7) is 4.12. The molecule has 0 radical (unpaired) electrons. The zero-order valence-electron chi connectivity index (χ0n) is 14.2. The third-order valence-corrected chi connectivity index (χ3v) is 5.22. The molecular formula is C17H22N2O4. The Morgan fingerprint density at radius 3 is 2.39 bits per heavy atom. The van der Waals surface area contributed by atoms with Gasteiger partial charge in [0.25, 0.3) is 5.91 Å². The van der Waals surface area contributed by atoms with Crippen molar-refractivity contribution in [1.82, 2.24) is 9.80 Å². The second-order valence-electron chi connectivity index (χ2n) is 6.27. The molecule has 3 rings (SSSR count). The van der Waals surface area contributed by atoms with E-state index in [1.807, 2.05) is 19.1 Å². The average Bonchev–Trinajstić information content (AvgIpc) is 2.57. The summed E-state index contributed by atoms with van der Waals surface area (Å²) >= 11 is 0. The van der Waals surface area contributed by atoms with Gasteiger partial charge in [-0.15, -0.1) is 0 Å². The Morgan fingerprint density at radius 2 is 1.78 bits per heavy atom. The van der Waals surface area contributed by atoms with E-state index >= 15 is 0 Å². The Balaban J connectivity index is 2.21. The van der Waals surface area contributed by atoms with Crippen LogP contribution in [0.2, 0.25) is 0 Å². The molecule has 0 spiro atoms. The van der Waals surface area contributed by atoms with Gasteiger partial charge in [0, 0.05) is 13.6 Å². The Labute approximate surface area is 136 Å². The molecule has 2 amide bonds. The van der Waals surface area contributed by atoms with E-state index in [0.29, 0.717) is 24.5 Å². The van der Waals surface area contributed by atoms with Crippen molar-refractivity contribution in [3.05, 3.63) is 23.3 Å². The normalized spacial score (nSPS) is 26.7. The molecule has 0 saturated carbocycles. The molecular weight excluding hydrogens is 296 g/mol. The van der Waals surface area contributed by atoms with Crippen LogP contribution in [0.25, 0.3) is 0 Å². The Kier molecular flexibility index (Phi) is 3.50. The number of piperazine rings is 1. The van der Waals surface area contributed by atoms with Crippen LogP contribution in [0.3, 0.4) is 0 Å². The highest BCUT2D eigenvalue weighted by Crippen LogP contribution is 2.44. The zero-order chi connectivity index (χ0) is 16.9. The SMILES string of the molecule is COc1cc2c(cc1OC)C1(C)C(=O)N(C)[C@@H](C)C(=O)N1CC2. The molecule has 2 heterocycles. The second-order valence-corrected chi connectivity index (χ2v) is 6.27. The summed E-state index contributed by atoms with van der Waals surface area (Å²) < 4.78 is 10.7. The number of fused-ring (bicyclic) bond motifs is 3. The largest absolute Gasteiger partial charge is 0.493 e. The fourth-order valence-electron chi connectivity index (χ4n) is 3.65. The number of carbonyl (C=O) groups excluding carboxylic acids is 2. The summed E-state index contributed by atoms with van der Waals surface area (Å²) in [5, 5.41) is 0. The number of likely N-dealkylation sites (N-methyl/N-ethyl adjacent to an activating group) is 1. The Morgan fingerprint density at radius 1 is 1.17 bits per heavy atom. The predicted octanol–water partition coefficient (Wildman–Crippen LogP) is 1.16. The quantitative estimate of drug-likeness (QED) is 0.821. The van der Waals surface area contributed by atoms with Crippen LogP contribution in [-0.4, -0.2) is 55.5 Å². The third kappa shape index (κ3) is 1.93. The maximum atomic E-state index is 13.0. The molecule has 0 aromatic heterocycles. The van der Waals surface area contributed by atoms with Crippen molar-refractivity contribution in [1.29, 1.82) is 0 Å². The third-order valence-electron chi connectivity index (χ3n) is 5.22. The molecule has 1 unspecified atom stereocenters. The van der Waals surface area contributed by atoms with Crippen LogP contribution in [0.4, 0.5) is 0 Å². The monoisotopic (exact) mass is 318 g/mol. The summed E-state index contributed by atoms with van der Waals surface area (Å²) in [6.07, 6.45) is 0.695. The Hall–Kier alpha value is -2.24. The highest BCUT2D eigenvalue weighted by Gasteiger charge is 2.54. The zero-order valence-corrected chi connectivity index (χ0v) is 14.2. The standard InChI is InChI=1S/C17H22N2O4/c1-10-15(20)19-7-6-11-8-13(22-4)14(23-5)9-12(11)17(19,2)16(21)18(10)3/h8-10H,6-7H2,1-5H3/t10-,17?/m0/s1. The number of amides is 2. The highest BCUT2D eigenvalue weighted by atomic mass is 16.5. The van der Waals surface area contributed by atoms with E-state index < -0.39 is 11.6 Å². The van der Waals surface area contributed by atoms with Crippen molar-refractivity contribution in [2.45, 2.75) is 31.8 Å². The van der Waals surface area contributed by atoms with E-state index in [-0.39, 0.29) is 11.8 Å². The van der Waals surface area contributed by atoms with Gasteiger partial charge in [0.15, 0.2) is 11.5 Å². The van der Waals surface area contributed by atoms with Gasteiger partial charge in [-0.2, -0.15) is 0 Å². The lowest BCUT2D eigenvalue weighted by atomic mass is 9.78. The maximum absolute atomic E-state index is 13.0. The van der Waals surface area contributed by atoms with E-state index in [1.54, 1.807) is 33.1 Å². The Bertz CT molecular complexity index is 687. The molecule has 1 aromatic carbocycles. The summed E-state index contributed by atoms with van der Waals surface area (Å²) in [5.74, 6) is 1.11. The molecule has 0 aliphatic carbocycles. The minimum Gasteiger partial charge on any atom is -0.493 e. The lowest BCUT2D eigenvalue weighted by Crippen LogP contribution is -2.68. The van der Waals surface area contributed by atoms with Gasteiger partial charge in [0.05, 0.1) is 14.2 Å². The van der Waals surface area contributed by atoms with E-state index in [4.69, 9.17) is 9.47 Å². The number of benzene rings is 1. The van der Waals surface area contributed by atoms with Gasteiger partial charge in [0.1, 0.15) is 11.6 Å². The molecule has 1 aromatic rings. The van der Waals surface area contributed by atoms with Gasteiger partial charge in [0.2, 0.25) is 5.91 Å².